The van der Waals surface area contributed by atoms with Crippen molar-refractivity contribution in [3.05, 3.63) is 24.8 Å². The third kappa shape index (κ3) is 3.26. The van der Waals surface area contributed by atoms with Crippen molar-refractivity contribution in [1.82, 2.24) is 4.90 Å². The summed E-state index contributed by atoms with van der Waals surface area (Å²) >= 11 is 0. The van der Waals surface area contributed by atoms with Crippen molar-refractivity contribution in [3.63, 3.8) is 0 Å². The standard InChI is InChI=1S/C18H31NO3Si/c1-8-10-14-13-11-9-12-15(19(14)17(20)21-5)16(13)22-23(6,7)18(2,3)4/h8-9,12-16H,1,10-11H2,2-7H3/t13-,14-,15-,16+/m1/s1. The number of carbonyl (C=O) groups excluding carboxylic acids is 1. The molecule has 1 fully saturated rings. The van der Waals surface area contributed by atoms with Gasteiger partial charge in [-0.15, -0.1) is 6.58 Å². The van der Waals surface area contributed by atoms with E-state index in [9.17, 15) is 4.79 Å². The monoisotopic (exact) mass is 337 g/mol. The summed E-state index contributed by atoms with van der Waals surface area (Å²) in [4.78, 5) is 14.2. The van der Waals surface area contributed by atoms with Crippen molar-refractivity contribution in [2.75, 3.05) is 7.11 Å². The molecular formula is C18H31NO3Si. The molecule has 1 aliphatic carbocycles. The molecule has 130 valence electrons. The van der Waals surface area contributed by atoms with Gasteiger partial charge in [-0.05, 0) is 31.0 Å². The molecule has 2 bridgehead atoms. The van der Waals surface area contributed by atoms with E-state index in [1.807, 2.05) is 11.0 Å². The minimum Gasteiger partial charge on any atom is -0.453 e. The van der Waals surface area contributed by atoms with Crippen LogP contribution in [0.1, 0.15) is 33.6 Å². The Balaban J connectivity index is 2.33. The summed E-state index contributed by atoms with van der Waals surface area (Å²) in [5.74, 6) is 0.316. The number of likely N-dealkylation sites (tertiary alicyclic amines) is 1. The van der Waals surface area contributed by atoms with Gasteiger partial charge in [0, 0.05) is 12.0 Å². The number of hydrogen-bond donors (Lipinski definition) is 0. The largest absolute Gasteiger partial charge is 0.453 e. The summed E-state index contributed by atoms with van der Waals surface area (Å²) in [5, 5.41) is 0.150. The first-order valence-electron chi connectivity index (χ1n) is 8.45. The number of carbonyl (C=O) groups is 1. The molecule has 0 N–H and O–H groups in total. The molecule has 0 aromatic heterocycles. The highest BCUT2D eigenvalue weighted by Gasteiger charge is 2.54. The SMILES string of the molecule is C=CC[C@@H]1[C@H]2CC=C[C@H]([C@H]2O[Si](C)(C)C(C)(C)C)N1C(=O)OC. The molecule has 0 aromatic rings. The summed E-state index contributed by atoms with van der Waals surface area (Å²) in [6.45, 7) is 15.2. The average Bonchev–Trinajstić information content (AvgIpc) is 2.61. The molecule has 0 saturated carbocycles. The molecular weight excluding hydrogens is 306 g/mol. The van der Waals surface area contributed by atoms with Crippen LogP contribution in [-0.2, 0) is 9.16 Å². The number of hydrogen-bond acceptors (Lipinski definition) is 3. The number of nitrogens with zero attached hydrogens (tertiary/aromatic N) is 1. The highest BCUT2D eigenvalue weighted by atomic mass is 28.4. The zero-order chi connectivity index (χ0) is 17.4. The van der Waals surface area contributed by atoms with Crippen LogP contribution in [0.4, 0.5) is 4.79 Å². The molecule has 4 nitrogen and oxygen atoms in total. The molecule has 0 radical (unpaired) electrons. The van der Waals surface area contributed by atoms with Crippen molar-refractivity contribution in [2.45, 2.75) is 69.9 Å². The molecule has 1 amide bonds. The maximum atomic E-state index is 12.3. The van der Waals surface area contributed by atoms with E-state index in [1.165, 1.54) is 7.11 Å². The van der Waals surface area contributed by atoms with Gasteiger partial charge in [-0.2, -0.15) is 0 Å². The lowest BCUT2D eigenvalue weighted by atomic mass is 9.87. The van der Waals surface area contributed by atoms with Gasteiger partial charge in [-0.3, -0.25) is 4.90 Å². The summed E-state index contributed by atoms with van der Waals surface area (Å²) in [6, 6.07) is 0.0787. The maximum absolute atomic E-state index is 12.3. The number of fused-ring (bicyclic) bond motifs is 2. The molecule has 0 aromatic carbocycles. The predicted molar refractivity (Wildman–Crippen MR) is 96.0 cm³/mol. The minimum absolute atomic E-state index is 0.0275. The number of ether oxygens (including phenoxy) is 1. The van der Waals surface area contributed by atoms with E-state index in [4.69, 9.17) is 9.16 Å². The second-order valence-corrected chi connectivity index (χ2v) is 12.9. The molecule has 23 heavy (non-hydrogen) atoms. The predicted octanol–water partition coefficient (Wildman–Crippen LogP) is 4.35. The van der Waals surface area contributed by atoms with E-state index in [2.05, 4.69) is 52.6 Å². The highest BCUT2D eigenvalue weighted by Crippen LogP contribution is 2.45. The number of allylic oxidation sites excluding steroid dienone is 1. The minimum atomic E-state index is -1.90. The molecule has 2 rings (SSSR count). The Kier molecular flexibility index (Phi) is 5.11. The smallest absolute Gasteiger partial charge is 0.410 e. The van der Waals surface area contributed by atoms with Crippen LogP contribution in [0.25, 0.3) is 0 Å². The zero-order valence-corrected chi connectivity index (χ0v) is 16.3. The van der Waals surface area contributed by atoms with Crippen molar-refractivity contribution in [1.29, 1.82) is 0 Å². The quantitative estimate of drug-likeness (QED) is 0.565. The van der Waals surface area contributed by atoms with Gasteiger partial charge in [0.15, 0.2) is 8.32 Å². The van der Waals surface area contributed by atoms with Gasteiger partial charge in [0.05, 0.1) is 19.3 Å². The lowest BCUT2D eigenvalue weighted by Gasteiger charge is -2.41. The summed E-state index contributed by atoms with van der Waals surface area (Å²) in [6.07, 6.45) is 7.71. The Morgan fingerprint density at radius 3 is 2.61 bits per heavy atom. The van der Waals surface area contributed by atoms with E-state index < -0.39 is 8.32 Å². The Labute approximate surface area is 141 Å². The number of amides is 1. The van der Waals surface area contributed by atoms with E-state index in [1.54, 1.807) is 0 Å². The summed E-state index contributed by atoms with van der Waals surface area (Å²) < 4.78 is 11.8. The fourth-order valence-corrected chi connectivity index (χ4v) is 4.77. The van der Waals surface area contributed by atoms with E-state index in [0.717, 1.165) is 12.8 Å². The van der Waals surface area contributed by atoms with Gasteiger partial charge in [-0.25, -0.2) is 4.79 Å². The van der Waals surface area contributed by atoms with Gasteiger partial charge in [0.25, 0.3) is 0 Å². The van der Waals surface area contributed by atoms with Crippen LogP contribution < -0.4 is 0 Å². The Hall–Kier alpha value is -1.07. The van der Waals surface area contributed by atoms with Crippen molar-refractivity contribution >= 4 is 14.4 Å². The first-order chi connectivity index (χ1) is 10.6. The van der Waals surface area contributed by atoms with Crippen LogP contribution in [0.2, 0.25) is 18.1 Å². The topological polar surface area (TPSA) is 38.8 Å². The second-order valence-electron chi connectivity index (χ2n) is 8.13. The van der Waals surface area contributed by atoms with Crippen LogP contribution in [-0.4, -0.2) is 44.6 Å². The molecule has 1 saturated heterocycles. The highest BCUT2D eigenvalue weighted by molar-refractivity contribution is 6.74. The first kappa shape index (κ1) is 18.3. The lowest BCUT2D eigenvalue weighted by molar-refractivity contribution is 0.0954. The van der Waals surface area contributed by atoms with Crippen molar-refractivity contribution in [3.8, 4) is 0 Å². The summed E-state index contributed by atoms with van der Waals surface area (Å²) in [5.41, 5.74) is 0. The zero-order valence-electron chi connectivity index (χ0n) is 15.3. The average molecular weight is 338 g/mol. The second kappa shape index (κ2) is 6.44. The van der Waals surface area contributed by atoms with Crippen LogP contribution >= 0.6 is 0 Å². The first-order valence-corrected chi connectivity index (χ1v) is 11.4. The van der Waals surface area contributed by atoms with Crippen LogP contribution in [0.5, 0.6) is 0 Å². The van der Waals surface area contributed by atoms with E-state index >= 15 is 0 Å². The van der Waals surface area contributed by atoms with Gasteiger partial charge >= 0.3 is 6.09 Å². The molecule has 5 heteroatoms. The lowest BCUT2D eigenvalue weighted by Crippen LogP contribution is -2.49. The van der Waals surface area contributed by atoms with Crippen LogP contribution in [0.15, 0.2) is 24.8 Å². The van der Waals surface area contributed by atoms with Crippen LogP contribution in [0.3, 0.4) is 0 Å². The third-order valence-corrected chi connectivity index (χ3v) is 10.2. The van der Waals surface area contributed by atoms with Crippen LogP contribution in [0, 0.1) is 5.92 Å². The van der Waals surface area contributed by atoms with Crippen molar-refractivity contribution in [2.24, 2.45) is 5.92 Å². The Bertz CT molecular complexity index is 495. The fourth-order valence-electron chi connectivity index (χ4n) is 3.42. The van der Waals surface area contributed by atoms with Gasteiger partial charge in [-0.1, -0.05) is 39.0 Å². The maximum Gasteiger partial charge on any atom is 0.410 e. The normalized spacial score (nSPS) is 30.4. The molecule has 0 unspecified atom stereocenters. The van der Waals surface area contributed by atoms with E-state index in [-0.39, 0.29) is 29.3 Å². The van der Waals surface area contributed by atoms with Gasteiger partial charge in [0.2, 0.25) is 0 Å². The molecule has 2 aliphatic rings. The molecule has 1 aliphatic heterocycles. The Morgan fingerprint density at radius 1 is 1.43 bits per heavy atom. The fraction of sp³-hybridized carbons (Fsp3) is 0.722. The molecule has 4 atom stereocenters. The van der Waals surface area contributed by atoms with E-state index in [0.29, 0.717) is 5.92 Å². The molecule has 1 heterocycles. The van der Waals surface area contributed by atoms with Gasteiger partial charge in [0.1, 0.15) is 0 Å². The third-order valence-electron chi connectivity index (χ3n) is 5.70. The summed E-state index contributed by atoms with van der Waals surface area (Å²) in [7, 11) is -0.454. The Morgan fingerprint density at radius 2 is 2.09 bits per heavy atom. The number of rotatable bonds is 4. The van der Waals surface area contributed by atoms with Crippen molar-refractivity contribution < 1.29 is 14.0 Å². The van der Waals surface area contributed by atoms with Gasteiger partial charge < -0.3 is 9.16 Å². The number of methoxy groups -OCH3 is 1. The molecule has 0 spiro atoms.